The summed E-state index contributed by atoms with van der Waals surface area (Å²) in [5.41, 5.74) is 5.87. The van der Waals surface area contributed by atoms with Gasteiger partial charge >= 0.3 is 5.97 Å². The van der Waals surface area contributed by atoms with E-state index in [0.717, 1.165) is 40.1 Å². The number of carbonyl (C=O) groups is 1. The Kier molecular flexibility index (Phi) is 5.45. The van der Waals surface area contributed by atoms with Gasteiger partial charge in [0.25, 0.3) is 0 Å². The lowest BCUT2D eigenvalue weighted by atomic mass is 9.95. The van der Waals surface area contributed by atoms with Crippen LogP contribution in [0.15, 0.2) is 41.5 Å². The quantitative estimate of drug-likeness (QED) is 0.593. The fraction of sp³-hybridized carbons (Fsp3) is 0.333. The number of hydrogen-bond acceptors (Lipinski definition) is 8. The van der Waals surface area contributed by atoms with Crippen LogP contribution in [0.3, 0.4) is 0 Å². The monoisotopic (exact) mass is 447 g/mol. The first kappa shape index (κ1) is 21.0. The zero-order valence-corrected chi connectivity index (χ0v) is 18.5. The van der Waals surface area contributed by atoms with Crippen molar-refractivity contribution in [3.8, 4) is 11.5 Å². The molecule has 33 heavy (non-hydrogen) atoms. The molecule has 2 atom stereocenters. The van der Waals surface area contributed by atoms with Crippen molar-refractivity contribution in [3.63, 3.8) is 0 Å². The van der Waals surface area contributed by atoms with Gasteiger partial charge in [-0.1, -0.05) is 6.07 Å². The minimum absolute atomic E-state index is 0.0585. The van der Waals surface area contributed by atoms with Crippen LogP contribution in [0.2, 0.25) is 0 Å². The van der Waals surface area contributed by atoms with Crippen LogP contribution in [-0.4, -0.2) is 61.1 Å². The number of hydrogen-bond donors (Lipinski definition) is 2. The van der Waals surface area contributed by atoms with E-state index in [9.17, 15) is 9.90 Å². The summed E-state index contributed by atoms with van der Waals surface area (Å²) in [5, 5.41) is 14.3. The van der Waals surface area contributed by atoms with Gasteiger partial charge in [0.2, 0.25) is 0 Å². The van der Waals surface area contributed by atoms with Gasteiger partial charge in [0, 0.05) is 31.1 Å². The number of likely N-dealkylation sites (N-methyl/N-ethyl adjacent to an activating group) is 1. The van der Waals surface area contributed by atoms with Gasteiger partial charge in [-0.25, -0.2) is 9.97 Å². The lowest BCUT2D eigenvalue weighted by Crippen LogP contribution is -2.28. The standard InChI is InChI=1S/C24H25N5O4/c1-29(12-22(30)31)24-19-9-14(17-10-25-26-11-17)3-5-20(19)27-23(28-24)16-7-15-8-18(32-2)4-6-21(15)33-13-16/h3-6,8-10,16-17,26H,7,11-13H2,1-2H3,(H,30,31). The van der Waals surface area contributed by atoms with Crippen LogP contribution in [0.1, 0.15) is 28.8 Å². The number of anilines is 1. The molecule has 0 amide bonds. The highest BCUT2D eigenvalue weighted by molar-refractivity contribution is 5.92. The van der Waals surface area contributed by atoms with Crippen molar-refractivity contribution >= 4 is 28.9 Å². The van der Waals surface area contributed by atoms with Crippen molar-refractivity contribution in [2.75, 3.05) is 38.8 Å². The van der Waals surface area contributed by atoms with E-state index < -0.39 is 5.97 Å². The Morgan fingerprint density at radius 1 is 1.27 bits per heavy atom. The SMILES string of the molecule is COc1ccc2c(c1)CC(c1nc(N(C)CC(=O)O)c3cc(C4C=NNC4)ccc3n1)CO2. The molecule has 0 spiro atoms. The predicted octanol–water partition coefficient (Wildman–Crippen LogP) is 2.55. The third kappa shape index (κ3) is 4.13. The maximum absolute atomic E-state index is 11.4. The first-order chi connectivity index (χ1) is 16.0. The molecule has 170 valence electrons. The molecule has 2 N–H and O–H groups in total. The minimum atomic E-state index is -0.920. The summed E-state index contributed by atoms with van der Waals surface area (Å²) in [6.45, 7) is 1.02. The zero-order chi connectivity index (χ0) is 22.9. The maximum atomic E-state index is 11.4. The zero-order valence-electron chi connectivity index (χ0n) is 18.5. The number of hydrazone groups is 1. The van der Waals surface area contributed by atoms with Crippen molar-refractivity contribution in [1.29, 1.82) is 0 Å². The summed E-state index contributed by atoms with van der Waals surface area (Å²) in [6, 6.07) is 11.8. The lowest BCUT2D eigenvalue weighted by molar-refractivity contribution is -0.135. The molecule has 1 aromatic heterocycles. The van der Waals surface area contributed by atoms with Crippen LogP contribution in [-0.2, 0) is 11.2 Å². The first-order valence-electron chi connectivity index (χ1n) is 10.8. The van der Waals surface area contributed by atoms with Crippen molar-refractivity contribution in [2.45, 2.75) is 18.3 Å². The van der Waals surface area contributed by atoms with Crippen molar-refractivity contribution in [2.24, 2.45) is 5.10 Å². The van der Waals surface area contributed by atoms with E-state index >= 15 is 0 Å². The number of rotatable bonds is 6. The number of methoxy groups -OCH3 is 1. The Morgan fingerprint density at radius 2 is 2.15 bits per heavy atom. The molecular weight excluding hydrogens is 422 g/mol. The summed E-state index contributed by atoms with van der Waals surface area (Å²) < 4.78 is 11.3. The van der Waals surface area contributed by atoms with Crippen LogP contribution in [0, 0.1) is 0 Å². The van der Waals surface area contributed by atoms with Crippen LogP contribution < -0.4 is 19.8 Å². The fourth-order valence-electron chi connectivity index (χ4n) is 4.34. The molecule has 0 bridgehead atoms. The molecule has 2 aromatic carbocycles. The Labute approximate surface area is 191 Å². The molecule has 5 rings (SSSR count). The smallest absolute Gasteiger partial charge is 0.323 e. The normalized spacial score (nSPS) is 19.0. The average Bonchev–Trinajstić information content (AvgIpc) is 3.37. The van der Waals surface area contributed by atoms with Gasteiger partial charge in [0.1, 0.15) is 29.7 Å². The molecule has 2 unspecified atom stereocenters. The van der Waals surface area contributed by atoms with E-state index in [1.54, 1.807) is 19.1 Å². The Hall–Kier alpha value is -3.88. The molecular formula is C24H25N5O4. The summed E-state index contributed by atoms with van der Waals surface area (Å²) in [5.74, 6) is 2.03. The predicted molar refractivity (Wildman–Crippen MR) is 125 cm³/mol. The molecule has 3 aromatic rings. The molecule has 2 aliphatic heterocycles. The highest BCUT2D eigenvalue weighted by Crippen LogP contribution is 2.35. The number of benzene rings is 2. The number of aliphatic carboxylic acids is 1. The molecule has 9 heteroatoms. The number of nitrogens with zero attached hydrogens (tertiary/aromatic N) is 4. The van der Waals surface area contributed by atoms with Crippen molar-refractivity contribution in [3.05, 3.63) is 53.3 Å². The second kappa shape index (κ2) is 8.57. The molecule has 9 nitrogen and oxygen atoms in total. The van der Waals surface area contributed by atoms with Crippen molar-refractivity contribution in [1.82, 2.24) is 15.4 Å². The van der Waals surface area contributed by atoms with Gasteiger partial charge < -0.3 is 24.9 Å². The van der Waals surface area contributed by atoms with E-state index in [-0.39, 0.29) is 18.4 Å². The Bertz CT molecular complexity index is 1240. The number of ether oxygens (including phenoxy) is 2. The van der Waals surface area contributed by atoms with E-state index in [1.165, 1.54) is 0 Å². The van der Waals surface area contributed by atoms with Crippen LogP contribution in [0.5, 0.6) is 11.5 Å². The minimum Gasteiger partial charge on any atom is -0.497 e. The molecule has 0 fully saturated rings. The first-order valence-corrected chi connectivity index (χ1v) is 10.8. The van der Waals surface area contributed by atoms with E-state index in [1.807, 2.05) is 42.6 Å². The van der Waals surface area contributed by atoms with E-state index in [4.69, 9.17) is 19.4 Å². The van der Waals surface area contributed by atoms with Crippen LogP contribution in [0.25, 0.3) is 10.9 Å². The third-order valence-corrected chi connectivity index (χ3v) is 6.08. The van der Waals surface area contributed by atoms with Crippen molar-refractivity contribution < 1.29 is 19.4 Å². The van der Waals surface area contributed by atoms with Crippen LogP contribution in [0.4, 0.5) is 5.82 Å². The van der Waals surface area contributed by atoms with Gasteiger partial charge in [-0.15, -0.1) is 0 Å². The largest absolute Gasteiger partial charge is 0.497 e. The average molecular weight is 447 g/mol. The van der Waals surface area contributed by atoms with Gasteiger partial charge in [-0.2, -0.15) is 5.10 Å². The highest BCUT2D eigenvalue weighted by atomic mass is 16.5. The molecule has 0 saturated carbocycles. The number of aromatic nitrogens is 2. The maximum Gasteiger partial charge on any atom is 0.323 e. The second-order valence-corrected chi connectivity index (χ2v) is 8.36. The summed E-state index contributed by atoms with van der Waals surface area (Å²) in [4.78, 5) is 22.8. The number of nitrogens with one attached hydrogen (secondary N) is 1. The van der Waals surface area contributed by atoms with Gasteiger partial charge in [0.15, 0.2) is 0 Å². The van der Waals surface area contributed by atoms with Gasteiger partial charge in [-0.05, 0) is 47.9 Å². The second-order valence-electron chi connectivity index (χ2n) is 8.36. The molecule has 0 radical (unpaired) electrons. The highest BCUT2D eigenvalue weighted by Gasteiger charge is 2.26. The topological polar surface area (TPSA) is 109 Å². The molecule has 0 saturated heterocycles. The number of fused-ring (bicyclic) bond motifs is 2. The summed E-state index contributed by atoms with van der Waals surface area (Å²) in [7, 11) is 3.38. The third-order valence-electron chi connectivity index (χ3n) is 6.08. The number of carboxylic acid groups (broad SMARTS) is 1. The Balaban J connectivity index is 1.55. The summed E-state index contributed by atoms with van der Waals surface area (Å²) >= 11 is 0. The van der Waals surface area contributed by atoms with Gasteiger partial charge in [-0.3, -0.25) is 4.79 Å². The van der Waals surface area contributed by atoms with E-state index in [0.29, 0.717) is 24.7 Å². The summed E-state index contributed by atoms with van der Waals surface area (Å²) in [6.07, 6.45) is 2.59. The van der Waals surface area contributed by atoms with Gasteiger partial charge in [0.05, 0.1) is 25.2 Å². The molecule has 2 aliphatic rings. The van der Waals surface area contributed by atoms with E-state index in [2.05, 4.69) is 10.5 Å². The van der Waals surface area contributed by atoms with Crippen LogP contribution >= 0.6 is 0 Å². The molecule has 0 aliphatic carbocycles. The number of carboxylic acids is 1. The molecule has 3 heterocycles. The lowest BCUT2D eigenvalue weighted by Gasteiger charge is -2.26. The Morgan fingerprint density at radius 3 is 2.91 bits per heavy atom. The fourth-order valence-corrected chi connectivity index (χ4v) is 4.34.